The number of sulfonamides is 1. The number of hydrogen-bond donors (Lipinski definition) is 2. The normalized spacial score (nSPS) is 14.7. The number of nitrogens with one attached hydrogen (secondary N) is 2. The number of para-hydroxylation sites is 1. The molecule has 0 spiro atoms. The van der Waals surface area contributed by atoms with Crippen molar-refractivity contribution in [3.05, 3.63) is 89.5 Å². The van der Waals surface area contributed by atoms with Gasteiger partial charge in [0.05, 0.1) is 16.1 Å². The number of rotatable bonds is 6. The second kappa shape index (κ2) is 10.8. The molecule has 8 heteroatoms. The molecule has 0 radical (unpaired) electrons. The molecule has 0 bridgehead atoms. The Balaban J connectivity index is 1.53. The van der Waals surface area contributed by atoms with Gasteiger partial charge in [-0.3, -0.25) is 9.59 Å². The first kappa shape index (κ1) is 24.6. The van der Waals surface area contributed by atoms with Crippen molar-refractivity contribution in [2.24, 2.45) is 0 Å². The lowest BCUT2D eigenvalue weighted by molar-refractivity contribution is 0.102. The number of carbonyl (C=O) groups excluding carboxylic acids is 2. The SMILES string of the molecule is Cc1cccc(NC(=O)c2ccccc2NC(=O)c2cccc(S(=O)(=O)N3CCCCCC3)c2)c1. The Morgan fingerprint density at radius 1 is 0.771 bits per heavy atom. The van der Waals surface area contributed by atoms with Gasteiger partial charge in [0.1, 0.15) is 0 Å². The van der Waals surface area contributed by atoms with Crippen molar-refractivity contribution in [3.8, 4) is 0 Å². The van der Waals surface area contributed by atoms with E-state index in [9.17, 15) is 18.0 Å². The third-order valence-electron chi connectivity index (χ3n) is 5.99. The van der Waals surface area contributed by atoms with Gasteiger partial charge in [0.25, 0.3) is 11.8 Å². The highest BCUT2D eigenvalue weighted by Gasteiger charge is 2.26. The molecule has 2 N–H and O–H groups in total. The average Bonchev–Trinajstić information content (AvgIpc) is 3.15. The van der Waals surface area contributed by atoms with Crippen LogP contribution in [0.2, 0.25) is 0 Å². The van der Waals surface area contributed by atoms with Crippen LogP contribution < -0.4 is 10.6 Å². The lowest BCUT2D eigenvalue weighted by Crippen LogP contribution is -2.32. The zero-order chi connectivity index (χ0) is 24.8. The van der Waals surface area contributed by atoms with E-state index < -0.39 is 15.9 Å². The molecule has 0 aromatic heterocycles. The number of aryl methyl sites for hydroxylation is 1. The predicted molar refractivity (Wildman–Crippen MR) is 137 cm³/mol. The zero-order valence-corrected chi connectivity index (χ0v) is 20.5. The Morgan fingerprint density at radius 2 is 1.49 bits per heavy atom. The van der Waals surface area contributed by atoms with Crippen LogP contribution in [-0.2, 0) is 10.0 Å². The molecule has 3 aromatic rings. The third kappa shape index (κ3) is 5.96. The van der Waals surface area contributed by atoms with Crippen molar-refractivity contribution in [1.29, 1.82) is 0 Å². The molecule has 0 unspecified atom stereocenters. The summed E-state index contributed by atoms with van der Waals surface area (Å²) in [6, 6.07) is 20.2. The summed E-state index contributed by atoms with van der Waals surface area (Å²) in [5.74, 6) is -0.849. The average molecular weight is 492 g/mol. The van der Waals surface area contributed by atoms with Gasteiger partial charge in [-0.25, -0.2) is 8.42 Å². The monoisotopic (exact) mass is 491 g/mol. The van der Waals surface area contributed by atoms with Gasteiger partial charge < -0.3 is 10.6 Å². The van der Waals surface area contributed by atoms with Gasteiger partial charge in [-0.1, -0.05) is 43.2 Å². The minimum atomic E-state index is -3.68. The highest BCUT2D eigenvalue weighted by molar-refractivity contribution is 7.89. The van der Waals surface area contributed by atoms with Crippen LogP contribution in [0.15, 0.2) is 77.7 Å². The third-order valence-corrected chi connectivity index (χ3v) is 7.89. The Bertz CT molecular complexity index is 1330. The topological polar surface area (TPSA) is 95.6 Å². The number of hydrogen-bond acceptors (Lipinski definition) is 4. The molecular weight excluding hydrogens is 462 g/mol. The van der Waals surface area contributed by atoms with Gasteiger partial charge in [-0.15, -0.1) is 0 Å². The maximum absolute atomic E-state index is 13.2. The summed E-state index contributed by atoms with van der Waals surface area (Å²) in [5, 5.41) is 5.61. The number of benzene rings is 3. The number of nitrogens with zero attached hydrogens (tertiary/aromatic N) is 1. The summed E-state index contributed by atoms with van der Waals surface area (Å²) in [6.45, 7) is 2.91. The second-order valence-electron chi connectivity index (χ2n) is 8.67. The van der Waals surface area contributed by atoms with E-state index in [0.29, 0.717) is 30.0 Å². The van der Waals surface area contributed by atoms with Gasteiger partial charge in [0, 0.05) is 24.3 Å². The lowest BCUT2D eigenvalue weighted by atomic mass is 10.1. The minimum Gasteiger partial charge on any atom is -0.322 e. The molecule has 35 heavy (non-hydrogen) atoms. The van der Waals surface area contributed by atoms with Crippen molar-refractivity contribution in [2.45, 2.75) is 37.5 Å². The molecule has 1 saturated heterocycles. The molecule has 1 aliphatic heterocycles. The highest BCUT2D eigenvalue weighted by Crippen LogP contribution is 2.23. The largest absolute Gasteiger partial charge is 0.322 e. The van der Waals surface area contributed by atoms with Crippen LogP contribution in [0.3, 0.4) is 0 Å². The lowest BCUT2D eigenvalue weighted by Gasteiger charge is -2.20. The van der Waals surface area contributed by atoms with Gasteiger partial charge >= 0.3 is 0 Å². The van der Waals surface area contributed by atoms with Crippen LogP contribution in [0.25, 0.3) is 0 Å². The van der Waals surface area contributed by atoms with E-state index in [-0.39, 0.29) is 16.4 Å². The molecule has 1 heterocycles. The second-order valence-corrected chi connectivity index (χ2v) is 10.6. The van der Waals surface area contributed by atoms with Crippen LogP contribution in [0.5, 0.6) is 0 Å². The molecular formula is C27H29N3O4S. The van der Waals surface area contributed by atoms with Crippen molar-refractivity contribution in [3.63, 3.8) is 0 Å². The fourth-order valence-electron chi connectivity index (χ4n) is 4.13. The Kier molecular flexibility index (Phi) is 7.63. The van der Waals surface area contributed by atoms with Crippen LogP contribution >= 0.6 is 0 Å². The Hall–Kier alpha value is -3.49. The van der Waals surface area contributed by atoms with Crippen molar-refractivity contribution >= 4 is 33.2 Å². The van der Waals surface area contributed by atoms with Gasteiger partial charge in [0.15, 0.2) is 0 Å². The van der Waals surface area contributed by atoms with Crippen LogP contribution in [0.1, 0.15) is 52.0 Å². The first-order valence-corrected chi connectivity index (χ1v) is 13.2. The standard InChI is InChI=1S/C27H29N3O4S/c1-20-10-8-12-22(18-20)28-27(32)24-14-4-5-15-25(24)29-26(31)21-11-9-13-23(19-21)35(33,34)30-16-6-2-3-7-17-30/h4-5,8-15,18-19H,2-3,6-7,16-17H2,1H3,(H,28,32)(H,29,31). The van der Waals surface area contributed by atoms with Gasteiger partial charge in [-0.05, 0) is 67.8 Å². The molecule has 7 nitrogen and oxygen atoms in total. The maximum atomic E-state index is 13.2. The van der Waals surface area contributed by atoms with Crippen molar-refractivity contribution in [2.75, 3.05) is 23.7 Å². The fraction of sp³-hybridized carbons (Fsp3) is 0.259. The summed E-state index contributed by atoms with van der Waals surface area (Å²) in [7, 11) is -3.68. The van der Waals surface area contributed by atoms with Crippen LogP contribution in [-0.4, -0.2) is 37.6 Å². The first-order chi connectivity index (χ1) is 16.8. The first-order valence-electron chi connectivity index (χ1n) is 11.7. The maximum Gasteiger partial charge on any atom is 0.257 e. The molecule has 1 fully saturated rings. The number of amides is 2. The van der Waals surface area contributed by atoms with Gasteiger partial charge in [0.2, 0.25) is 10.0 Å². The predicted octanol–water partition coefficient (Wildman–Crippen LogP) is 5.06. The molecule has 4 rings (SSSR count). The summed E-state index contributed by atoms with van der Waals surface area (Å²) in [4.78, 5) is 26.1. The molecule has 2 amide bonds. The van der Waals surface area contributed by atoms with E-state index in [0.717, 1.165) is 31.2 Å². The number of anilines is 2. The quantitative estimate of drug-likeness (QED) is 0.504. The van der Waals surface area contributed by atoms with Crippen molar-refractivity contribution < 1.29 is 18.0 Å². The molecule has 0 atom stereocenters. The summed E-state index contributed by atoms with van der Waals surface area (Å²) in [6.07, 6.45) is 3.71. The Morgan fingerprint density at radius 3 is 2.23 bits per heavy atom. The fourth-order valence-corrected chi connectivity index (χ4v) is 5.70. The van der Waals surface area contributed by atoms with Crippen molar-refractivity contribution in [1.82, 2.24) is 4.31 Å². The van der Waals surface area contributed by atoms with Crippen LogP contribution in [0, 0.1) is 6.92 Å². The molecule has 0 saturated carbocycles. The van der Waals surface area contributed by atoms with Gasteiger partial charge in [-0.2, -0.15) is 4.31 Å². The molecule has 3 aromatic carbocycles. The van der Waals surface area contributed by atoms with E-state index in [4.69, 9.17) is 0 Å². The Labute approximate surface area is 206 Å². The van der Waals surface area contributed by atoms with Crippen LogP contribution in [0.4, 0.5) is 11.4 Å². The summed E-state index contributed by atoms with van der Waals surface area (Å²) < 4.78 is 27.8. The number of carbonyl (C=O) groups is 2. The van der Waals surface area contributed by atoms with E-state index in [1.807, 2.05) is 25.1 Å². The summed E-state index contributed by atoms with van der Waals surface area (Å²) in [5.41, 5.74) is 2.51. The molecule has 182 valence electrons. The highest BCUT2D eigenvalue weighted by atomic mass is 32.2. The van der Waals surface area contributed by atoms with E-state index in [1.54, 1.807) is 42.5 Å². The van der Waals surface area contributed by atoms with E-state index in [2.05, 4.69) is 10.6 Å². The molecule has 0 aliphatic carbocycles. The summed E-state index contributed by atoms with van der Waals surface area (Å²) >= 11 is 0. The van der Waals surface area contributed by atoms with E-state index in [1.165, 1.54) is 16.4 Å². The van der Waals surface area contributed by atoms with E-state index >= 15 is 0 Å². The molecule has 1 aliphatic rings. The zero-order valence-electron chi connectivity index (χ0n) is 19.7. The smallest absolute Gasteiger partial charge is 0.257 e. The minimum absolute atomic E-state index is 0.0949.